The summed E-state index contributed by atoms with van der Waals surface area (Å²) in [7, 11) is 0. The number of piperazine rings is 1. The number of nitrogens with one attached hydrogen (secondary N) is 1. The van der Waals surface area contributed by atoms with Gasteiger partial charge in [0.15, 0.2) is 0 Å². The van der Waals surface area contributed by atoms with E-state index in [1.165, 1.54) is 0 Å². The van der Waals surface area contributed by atoms with Gasteiger partial charge in [-0.15, -0.1) is 0 Å². The molecule has 1 aliphatic heterocycles. The Labute approximate surface area is 110 Å². The molecule has 1 N–H and O–H groups in total. The molecule has 3 nitrogen and oxygen atoms in total. The molecule has 1 aromatic rings. The molecule has 2 atom stereocenters. The second-order valence-corrected chi connectivity index (χ2v) is 5.60. The van der Waals surface area contributed by atoms with E-state index in [-0.39, 0.29) is 5.91 Å². The quantitative estimate of drug-likeness (QED) is 0.862. The fourth-order valence-electron chi connectivity index (χ4n) is 2.27. The van der Waals surface area contributed by atoms with Gasteiger partial charge in [-0.05, 0) is 38.1 Å². The molecule has 0 radical (unpaired) electrons. The lowest BCUT2D eigenvalue weighted by Crippen LogP contribution is -2.55. The van der Waals surface area contributed by atoms with Gasteiger partial charge in [-0.1, -0.05) is 15.9 Å². The fourth-order valence-corrected chi connectivity index (χ4v) is 2.53. The van der Waals surface area contributed by atoms with Crippen LogP contribution in [0.3, 0.4) is 0 Å². The smallest absolute Gasteiger partial charge is 0.253 e. The monoisotopic (exact) mass is 296 g/mol. The number of halogens is 1. The third-order valence-electron chi connectivity index (χ3n) is 2.94. The summed E-state index contributed by atoms with van der Waals surface area (Å²) in [6.07, 6.45) is 0. The minimum atomic E-state index is 0.123. The maximum atomic E-state index is 12.3. The second-order valence-electron chi connectivity index (χ2n) is 4.69. The van der Waals surface area contributed by atoms with E-state index in [0.717, 1.165) is 23.1 Å². The standard InChI is InChI=1S/C13H17BrN2O/c1-9-7-16(8-10(2)15-9)13(17)11-3-5-12(14)6-4-11/h3-6,9-10,15H,7-8H2,1-2H3. The highest BCUT2D eigenvalue weighted by atomic mass is 79.9. The largest absolute Gasteiger partial charge is 0.336 e. The van der Waals surface area contributed by atoms with Crippen molar-refractivity contribution in [3.8, 4) is 0 Å². The Bertz CT molecular complexity index is 394. The van der Waals surface area contributed by atoms with Crippen LogP contribution in [0.5, 0.6) is 0 Å². The number of hydrogen-bond acceptors (Lipinski definition) is 2. The van der Waals surface area contributed by atoms with E-state index in [1.54, 1.807) is 0 Å². The maximum absolute atomic E-state index is 12.3. The molecule has 0 bridgehead atoms. The van der Waals surface area contributed by atoms with Gasteiger partial charge in [0.2, 0.25) is 0 Å². The van der Waals surface area contributed by atoms with Crippen LogP contribution in [0.1, 0.15) is 24.2 Å². The molecule has 1 amide bonds. The van der Waals surface area contributed by atoms with Gasteiger partial charge in [0, 0.05) is 35.2 Å². The molecule has 2 unspecified atom stereocenters. The lowest BCUT2D eigenvalue weighted by molar-refractivity contribution is 0.0674. The molecule has 0 aliphatic carbocycles. The zero-order valence-corrected chi connectivity index (χ0v) is 11.7. The Morgan fingerprint density at radius 3 is 2.29 bits per heavy atom. The molecule has 92 valence electrons. The first kappa shape index (κ1) is 12.6. The molecular formula is C13H17BrN2O. The first-order valence-electron chi connectivity index (χ1n) is 5.87. The van der Waals surface area contributed by atoms with Gasteiger partial charge < -0.3 is 10.2 Å². The summed E-state index contributed by atoms with van der Waals surface area (Å²) in [5, 5.41) is 3.42. The van der Waals surface area contributed by atoms with Crippen molar-refractivity contribution in [1.29, 1.82) is 0 Å². The van der Waals surface area contributed by atoms with E-state index in [0.29, 0.717) is 12.1 Å². The van der Waals surface area contributed by atoms with Crippen molar-refractivity contribution in [2.24, 2.45) is 0 Å². The summed E-state index contributed by atoms with van der Waals surface area (Å²) >= 11 is 3.37. The first-order chi connectivity index (χ1) is 8.06. The highest BCUT2D eigenvalue weighted by Crippen LogP contribution is 2.14. The normalized spacial score (nSPS) is 24.8. The molecule has 2 rings (SSSR count). The predicted octanol–water partition coefficient (Wildman–Crippen LogP) is 2.27. The Balaban J connectivity index is 2.11. The number of nitrogens with zero attached hydrogens (tertiary/aromatic N) is 1. The van der Waals surface area contributed by atoms with Crippen LogP contribution in [0.25, 0.3) is 0 Å². The summed E-state index contributed by atoms with van der Waals surface area (Å²) in [5.74, 6) is 0.123. The Kier molecular flexibility index (Phi) is 3.84. The third kappa shape index (κ3) is 3.07. The van der Waals surface area contributed by atoms with Gasteiger partial charge in [0.25, 0.3) is 5.91 Å². The summed E-state index contributed by atoms with van der Waals surface area (Å²) in [6.45, 7) is 5.77. The van der Waals surface area contributed by atoms with E-state index in [9.17, 15) is 4.79 Å². The van der Waals surface area contributed by atoms with E-state index < -0.39 is 0 Å². The van der Waals surface area contributed by atoms with Crippen molar-refractivity contribution < 1.29 is 4.79 Å². The SMILES string of the molecule is CC1CN(C(=O)c2ccc(Br)cc2)CC(C)N1. The Hall–Kier alpha value is -0.870. The van der Waals surface area contributed by atoms with E-state index in [1.807, 2.05) is 29.2 Å². The van der Waals surface area contributed by atoms with Gasteiger partial charge >= 0.3 is 0 Å². The molecule has 1 saturated heterocycles. The predicted molar refractivity (Wildman–Crippen MR) is 72.1 cm³/mol. The lowest BCUT2D eigenvalue weighted by atomic mass is 10.1. The molecule has 0 aromatic heterocycles. The number of hydrogen-bond donors (Lipinski definition) is 1. The van der Waals surface area contributed by atoms with Crippen LogP contribution >= 0.6 is 15.9 Å². The van der Waals surface area contributed by atoms with Crippen LogP contribution < -0.4 is 5.32 Å². The summed E-state index contributed by atoms with van der Waals surface area (Å²) in [6, 6.07) is 8.26. The lowest BCUT2D eigenvalue weighted by Gasteiger charge is -2.36. The Morgan fingerprint density at radius 2 is 1.76 bits per heavy atom. The number of carbonyl (C=O) groups is 1. The van der Waals surface area contributed by atoms with Crippen LogP contribution in [0.4, 0.5) is 0 Å². The maximum Gasteiger partial charge on any atom is 0.253 e. The molecule has 4 heteroatoms. The van der Waals surface area contributed by atoms with Crippen molar-refractivity contribution >= 4 is 21.8 Å². The van der Waals surface area contributed by atoms with Crippen molar-refractivity contribution in [1.82, 2.24) is 10.2 Å². The van der Waals surface area contributed by atoms with Crippen molar-refractivity contribution in [2.75, 3.05) is 13.1 Å². The molecule has 17 heavy (non-hydrogen) atoms. The topological polar surface area (TPSA) is 32.3 Å². The molecule has 1 aliphatic rings. The molecule has 1 heterocycles. The summed E-state index contributed by atoms with van der Waals surface area (Å²) in [5.41, 5.74) is 0.759. The van der Waals surface area contributed by atoms with Crippen LogP contribution in [0.2, 0.25) is 0 Å². The van der Waals surface area contributed by atoms with Crippen LogP contribution in [0.15, 0.2) is 28.7 Å². The number of rotatable bonds is 1. The second kappa shape index (κ2) is 5.19. The molecule has 0 spiro atoms. The van der Waals surface area contributed by atoms with Gasteiger partial charge in [-0.2, -0.15) is 0 Å². The zero-order valence-electron chi connectivity index (χ0n) is 10.1. The number of carbonyl (C=O) groups excluding carboxylic acids is 1. The average Bonchev–Trinajstić information content (AvgIpc) is 2.28. The molecular weight excluding hydrogens is 280 g/mol. The fraction of sp³-hybridized carbons (Fsp3) is 0.462. The van der Waals surface area contributed by atoms with Gasteiger partial charge in [0.05, 0.1) is 0 Å². The van der Waals surface area contributed by atoms with Crippen LogP contribution in [0, 0.1) is 0 Å². The van der Waals surface area contributed by atoms with Crippen LogP contribution in [-0.4, -0.2) is 36.0 Å². The van der Waals surface area contributed by atoms with Gasteiger partial charge in [0.1, 0.15) is 0 Å². The molecule has 1 fully saturated rings. The highest BCUT2D eigenvalue weighted by Gasteiger charge is 2.25. The molecule has 1 aromatic carbocycles. The van der Waals surface area contributed by atoms with Crippen LogP contribution in [-0.2, 0) is 0 Å². The zero-order chi connectivity index (χ0) is 12.4. The Morgan fingerprint density at radius 1 is 1.24 bits per heavy atom. The number of benzene rings is 1. The first-order valence-corrected chi connectivity index (χ1v) is 6.66. The van der Waals surface area contributed by atoms with E-state index in [2.05, 4.69) is 35.1 Å². The number of amides is 1. The van der Waals surface area contributed by atoms with Gasteiger partial charge in [-0.3, -0.25) is 4.79 Å². The summed E-state index contributed by atoms with van der Waals surface area (Å²) in [4.78, 5) is 14.2. The van der Waals surface area contributed by atoms with Crippen molar-refractivity contribution in [3.63, 3.8) is 0 Å². The third-order valence-corrected chi connectivity index (χ3v) is 3.46. The van der Waals surface area contributed by atoms with Crippen molar-refractivity contribution in [3.05, 3.63) is 34.3 Å². The minimum Gasteiger partial charge on any atom is -0.336 e. The van der Waals surface area contributed by atoms with E-state index >= 15 is 0 Å². The van der Waals surface area contributed by atoms with E-state index in [4.69, 9.17) is 0 Å². The highest BCUT2D eigenvalue weighted by molar-refractivity contribution is 9.10. The minimum absolute atomic E-state index is 0.123. The molecule has 0 saturated carbocycles. The van der Waals surface area contributed by atoms with Gasteiger partial charge in [-0.25, -0.2) is 0 Å². The summed E-state index contributed by atoms with van der Waals surface area (Å²) < 4.78 is 0.996. The average molecular weight is 297 g/mol. The van der Waals surface area contributed by atoms with Crippen molar-refractivity contribution in [2.45, 2.75) is 25.9 Å².